The predicted molar refractivity (Wildman–Crippen MR) is 97.6 cm³/mol. The second kappa shape index (κ2) is 8.11. The summed E-state index contributed by atoms with van der Waals surface area (Å²) in [4.78, 5) is 0. The van der Waals surface area contributed by atoms with E-state index in [9.17, 15) is 9.50 Å². The highest BCUT2D eigenvalue weighted by Gasteiger charge is 2.18. The molecule has 0 bridgehead atoms. The molecule has 0 aliphatic rings. The zero-order chi connectivity index (χ0) is 18.6. The first kappa shape index (κ1) is 18.9. The van der Waals surface area contributed by atoms with Gasteiger partial charge in [-0.3, -0.25) is 0 Å². The van der Waals surface area contributed by atoms with Crippen molar-refractivity contribution in [2.75, 3.05) is 28.4 Å². The molecule has 1 N–H and O–H groups in total. The maximum atomic E-state index is 14.9. The van der Waals surface area contributed by atoms with Gasteiger partial charge in [-0.1, -0.05) is 0 Å². The Hall–Kier alpha value is -2.41. The monoisotopic (exact) mass is 412 g/mol. The smallest absolute Gasteiger partial charge is 0.203 e. The first-order valence-electron chi connectivity index (χ1n) is 7.19. The second-order valence-corrected chi connectivity index (χ2v) is 5.72. The van der Waals surface area contributed by atoms with Gasteiger partial charge in [-0.15, -0.1) is 0 Å². The van der Waals surface area contributed by atoms with Gasteiger partial charge in [0, 0.05) is 5.56 Å². The molecule has 0 aromatic heterocycles. The third kappa shape index (κ3) is 3.82. The Morgan fingerprint density at radius 2 is 1.40 bits per heavy atom. The molecule has 0 atom stereocenters. The number of aromatic hydroxyl groups is 1. The third-order valence-electron chi connectivity index (χ3n) is 3.54. The minimum Gasteiger partial charge on any atom is -0.504 e. The van der Waals surface area contributed by atoms with Gasteiger partial charge >= 0.3 is 0 Å². The summed E-state index contributed by atoms with van der Waals surface area (Å²) in [6, 6.07) is 7.52. The Bertz CT molecular complexity index is 779. The highest BCUT2D eigenvalue weighted by Crippen LogP contribution is 2.43. The number of phenolic OH excluding ortho intramolecular Hbond substituents is 1. The van der Waals surface area contributed by atoms with Crippen LogP contribution in [0.4, 0.5) is 4.39 Å². The zero-order valence-electron chi connectivity index (χ0n) is 14.2. The molecule has 0 amide bonds. The lowest BCUT2D eigenvalue weighted by atomic mass is 10.1. The number of phenols is 1. The predicted octanol–water partition coefficient (Wildman–Crippen LogP) is 4.62. The van der Waals surface area contributed by atoms with Gasteiger partial charge in [-0.2, -0.15) is 0 Å². The van der Waals surface area contributed by atoms with E-state index in [0.29, 0.717) is 22.8 Å². The van der Waals surface area contributed by atoms with Crippen LogP contribution in [0.5, 0.6) is 28.7 Å². The van der Waals surface area contributed by atoms with E-state index in [4.69, 9.17) is 18.9 Å². The molecule has 7 heteroatoms. The van der Waals surface area contributed by atoms with Crippen molar-refractivity contribution in [1.29, 1.82) is 0 Å². The van der Waals surface area contributed by atoms with Crippen LogP contribution in [-0.4, -0.2) is 33.5 Å². The van der Waals surface area contributed by atoms with Gasteiger partial charge < -0.3 is 24.1 Å². The Balaban J connectivity index is 2.56. The minimum absolute atomic E-state index is 0.152. The van der Waals surface area contributed by atoms with E-state index in [-0.39, 0.29) is 21.5 Å². The van der Waals surface area contributed by atoms with Gasteiger partial charge in [0.2, 0.25) is 5.75 Å². The maximum Gasteiger partial charge on any atom is 0.203 e. The van der Waals surface area contributed by atoms with Gasteiger partial charge in [0.25, 0.3) is 0 Å². The normalized spacial score (nSPS) is 11.6. The Kier molecular flexibility index (Phi) is 6.14. The van der Waals surface area contributed by atoms with E-state index < -0.39 is 5.83 Å². The molecule has 0 fully saturated rings. The van der Waals surface area contributed by atoms with Crippen LogP contribution in [-0.2, 0) is 0 Å². The number of hydrogen-bond donors (Lipinski definition) is 1. The maximum absolute atomic E-state index is 14.9. The average molecular weight is 413 g/mol. The molecule has 0 saturated carbocycles. The second-order valence-electron chi connectivity index (χ2n) is 4.93. The Morgan fingerprint density at radius 3 is 1.84 bits per heavy atom. The summed E-state index contributed by atoms with van der Waals surface area (Å²) >= 11 is 3.26. The van der Waals surface area contributed by atoms with Crippen molar-refractivity contribution in [3.63, 3.8) is 0 Å². The van der Waals surface area contributed by atoms with Crippen LogP contribution in [0.15, 0.2) is 30.3 Å². The average Bonchev–Trinajstić information content (AvgIpc) is 2.65. The lowest BCUT2D eigenvalue weighted by molar-refractivity contribution is 0.324. The van der Waals surface area contributed by atoms with Crippen molar-refractivity contribution >= 4 is 26.2 Å². The molecule has 25 heavy (non-hydrogen) atoms. The van der Waals surface area contributed by atoms with Crippen LogP contribution in [0.3, 0.4) is 0 Å². The first-order chi connectivity index (χ1) is 12.0. The standard InChI is InChI=1S/C18H18BrFO5/c1-22-13-6-5-10(7-12(13)21)17(20)16(19)11-8-14(23-2)18(25-4)15(9-11)24-3/h5-9,21H,1-4H3/b17-16+. The first-order valence-corrected chi connectivity index (χ1v) is 7.99. The van der Waals surface area contributed by atoms with Gasteiger partial charge in [-0.05, 0) is 51.8 Å². The summed E-state index contributed by atoms with van der Waals surface area (Å²) in [7, 11) is 5.88. The number of methoxy groups -OCH3 is 4. The number of hydrogen-bond acceptors (Lipinski definition) is 5. The number of halogens is 2. The van der Waals surface area contributed by atoms with Crippen molar-refractivity contribution in [3.8, 4) is 28.7 Å². The molecule has 0 heterocycles. The van der Waals surface area contributed by atoms with Crippen LogP contribution in [0.25, 0.3) is 10.3 Å². The quantitative estimate of drug-likeness (QED) is 0.701. The van der Waals surface area contributed by atoms with E-state index >= 15 is 0 Å². The SMILES string of the molecule is COc1ccc(/C(F)=C(\Br)c2cc(OC)c(OC)c(OC)c2)cc1O. The molecule has 0 radical (unpaired) electrons. The summed E-state index contributed by atoms with van der Waals surface area (Å²) in [6.45, 7) is 0. The van der Waals surface area contributed by atoms with E-state index in [1.807, 2.05) is 0 Å². The van der Waals surface area contributed by atoms with Crippen LogP contribution in [0.1, 0.15) is 11.1 Å². The number of benzene rings is 2. The topological polar surface area (TPSA) is 57.2 Å². The molecule has 5 nitrogen and oxygen atoms in total. The molecule has 2 rings (SSSR count). The highest BCUT2D eigenvalue weighted by atomic mass is 79.9. The van der Waals surface area contributed by atoms with E-state index in [2.05, 4.69) is 15.9 Å². The van der Waals surface area contributed by atoms with Crippen molar-refractivity contribution < 1.29 is 28.4 Å². The molecule has 2 aromatic rings. The van der Waals surface area contributed by atoms with Crippen molar-refractivity contribution in [1.82, 2.24) is 0 Å². The van der Waals surface area contributed by atoms with E-state index in [0.717, 1.165) is 0 Å². The van der Waals surface area contributed by atoms with Crippen molar-refractivity contribution in [2.24, 2.45) is 0 Å². The summed E-state index contributed by atoms with van der Waals surface area (Å²) in [5, 5.41) is 9.84. The molecular weight excluding hydrogens is 395 g/mol. The molecular formula is C18H18BrFO5. The van der Waals surface area contributed by atoms with Gasteiger partial charge in [0.05, 0.1) is 32.9 Å². The van der Waals surface area contributed by atoms with Crippen LogP contribution in [0, 0.1) is 0 Å². The van der Waals surface area contributed by atoms with Gasteiger partial charge in [0.15, 0.2) is 23.0 Å². The van der Waals surface area contributed by atoms with E-state index in [1.165, 1.54) is 46.6 Å². The number of rotatable bonds is 6. The molecule has 0 aliphatic carbocycles. The Labute approximate surface area is 153 Å². The van der Waals surface area contributed by atoms with E-state index in [1.54, 1.807) is 12.1 Å². The zero-order valence-corrected chi connectivity index (χ0v) is 15.8. The van der Waals surface area contributed by atoms with Gasteiger partial charge in [0.1, 0.15) is 5.83 Å². The molecule has 0 aliphatic heterocycles. The summed E-state index contributed by atoms with van der Waals surface area (Å²) in [5.41, 5.74) is 0.682. The van der Waals surface area contributed by atoms with Crippen molar-refractivity contribution in [3.05, 3.63) is 41.5 Å². The summed E-state index contributed by atoms with van der Waals surface area (Å²) < 4.78 is 35.8. The fourth-order valence-corrected chi connectivity index (χ4v) is 2.75. The number of ether oxygens (including phenoxy) is 4. The highest BCUT2D eigenvalue weighted by molar-refractivity contribution is 9.15. The molecule has 0 saturated heterocycles. The fraction of sp³-hybridized carbons (Fsp3) is 0.222. The largest absolute Gasteiger partial charge is 0.504 e. The fourth-order valence-electron chi connectivity index (χ4n) is 2.29. The third-order valence-corrected chi connectivity index (χ3v) is 4.35. The van der Waals surface area contributed by atoms with Crippen LogP contribution in [0.2, 0.25) is 0 Å². The summed E-state index contributed by atoms with van der Waals surface area (Å²) in [5.74, 6) is 0.767. The molecule has 0 unspecified atom stereocenters. The van der Waals surface area contributed by atoms with Crippen molar-refractivity contribution in [2.45, 2.75) is 0 Å². The Morgan fingerprint density at radius 1 is 0.840 bits per heavy atom. The van der Waals surface area contributed by atoms with Crippen LogP contribution < -0.4 is 18.9 Å². The summed E-state index contributed by atoms with van der Waals surface area (Å²) in [6.07, 6.45) is 0. The lowest BCUT2D eigenvalue weighted by Crippen LogP contribution is -1.96. The van der Waals surface area contributed by atoms with Gasteiger partial charge in [-0.25, -0.2) is 4.39 Å². The molecule has 0 spiro atoms. The molecule has 2 aromatic carbocycles. The van der Waals surface area contributed by atoms with Crippen LogP contribution >= 0.6 is 15.9 Å². The lowest BCUT2D eigenvalue weighted by Gasteiger charge is -2.14. The molecule has 134 valence electrons. The minimum atomic E-state index is -0.563.